The van der Waals surface area contributed by atoms with E-state index < -0.39 is 0 Å². The van der Waals surface area contributed by atoms with Crippen molar-refractivity contribution >= 4 is 28.4 Å². The Hall–Kier alpha value is -4.11. The normalized spacial score (nSPS) is 14.4. The van der Waals surface area contributed by atoms with Gasteiger partial charge in [-0.15, -0.1) is 0 Å². The number of hydrogen-bond donors (Lipinski definition) is 0. The molecule has 0 radical (unpaired) electrons. The van der Waals surface area contributed by atoms with Gasteiger partial charge in [-0.05, 0) is 30.3 Å². The van der Waals surface area contributed by atoms with Gasteiger partial charge in [-0.1, -0.05) is 24.8 Å². The topological polar surface area (TPSA) is 84.6 Å². The third-order valence-electron chi connectivity index (χ3n) is 5.76. The third-order valence-corrected chi connectivity index (χ3v) is 5.76. The SMILES string of the molecule is C=C/C(=N\N(C)c1ccccc1)c1nc(N2CCOCC2)c2nc(-c3ccncc3)n(C)c2n1. The van der Waals surface area contributed by atoms with E-state index in [1.54, 1.807) is 23.5 Å². The Morgan fingerprint density at radius 3 is 2.50 bits per heavy atom. The Morgan fingerprint density at radius 1 is 1.06 bits per heavy atom. The first-order chi connectivity index (χ1) is 16.7. The van der Waals surface area contributed by atoms with Crippen LogP contribution in [0.15, 0.2) is 72.6 Å². The molecule has 0 bridgehead atoms. The number of fused-ring (bicyclic) bond motifs is 1. The number of para-hydroxylation sites is 1. The fourth-order valence-corrected chi connectivity index (χ4v) is 3.96. The highest BCUT2D eigenvalue weighted by atomic mass is 16.5. The zero-order valence-electron chi connectivity index (χ0n) is 19.3. The van der Waals surface area contributed by atoms with E-state index in [0.717, 1.165) is 47.1 Å². The van der Waals surface area contributed by atoms with Crippen LogP contribution in [0.1, 0.15) is 5.82 Å². The Labute approximate surface area is 198 Å². The molecule has 4 heterocycles. The monoisotopic (exact) mass is 454 g/mol. The van der Waals surface area contributed by atoms with Crippen LogP contribution in [-0.2, 0) is 11.8 Å². The number of pyridine rings is 1. The fraction of sp³-hybridized carbons (Fsp3) is 0.240. The molecule has 34 heavy (non-hydrogen) atoms. The number of hydrogen-bond acceptors (Lipinski definition) is 8. The first kappa shape index (κ1) is 21.7. The third kappa shape index (κ3) is 4.13. The summed E-state index contributed by atoms with van der Waals surface area (Å²) in [6.45, 7) is 6.73. The van der Waals surface area contributed by atoms with Gasteiger partial charge in [-0.3, -0.25) is 9.99 Å². The van der Waals surface area contributed by atoms with E-state index in [0.29, 0.717) is 24.7 Å². The van der Waals surface area contributed by atoms with Crippen molar-refractivity contribution in [2.75, 3.05) is 43.3 Å². The van der Waals surface area contributed by atoms with Gasteiger partial charge >= 0.3 is 0 Å². The number of imidazole rings is 1. The maximum Gasteiger partial charge on any atom is 0.184 e. The molecule has 0 spiro atoms. The molecule has 9 heteroatoms. The van der Waals surface area contributed by atoms with Crippen molar-refractivity contribution < 1.29 is 4.74 Å². The van der Waals surface area contributed by atoms with E-state index in [-0.39, 0.29) is 0 Å². The summed E-state index contributed by atoms with van der Waals surface area (Å²) in [4.78, 5) is 21.1. The average Bonchev–Trinajstić information content (AvgIpc) is 3.24. The second-order valence-electron chi connectivity index (χ2n) is 7.92. The Morgan fingerprint density at radius 2 is 1.79 bits per heavy atom. The van der Waals surface area contributed by atoms with Crippen LogP contribution in [0.4, 0.5) is 11.5 Å². The van der Waals surface area contributed by atoms with Gasteiger partial charge in [0, 0.05) is 45.1 Å². The lowest BCUT2D eigenvalue weighted by atomic mass is 10.2. The van der Waals surface area contributed by atoms with Gasteiger partial charge in [0.1, 0.15) is 11.5 Å². The highest BCUT2D eigenvalue weighted by Crippen LogP contribution is 2.29. The highest BCUT2D eigenvalue weighted by Gasteiger charge is 2.23. The van der Waals surface area contributed by atoms with Crippen molar-refractivity contribution in [2.24, 2.45) is 12.1 Å². The average molecular weight is 455 g/mol. The van der Waals surface area contributed by atoms with Gasteiger partial charge in [0.05, 0.1) is 18.9 Å². The van der Waals surface area contributed by atoms with E-state index in [9.17, 15) is 0 Å². The molecule has 0 N–H and O–H groups in total. The van der Waals surface area contributed by atoms with Crippen molar-refractivity contribution in [2.45, 2.75) is 0 Å². The Balaban J connectivity index is 1.66. The predicted octanol–water partition coefficient (Wildman–Crippen LogP) is 3.29. The largest absolute Gasteiger partial charge is 0.378 e. The zero-order chi connectivity index (χ0) is 23.5. The van der Waals surface area contributed by atoms with Crippen LogP contribution in [0.5, 0.6) is 0 Å². The summed E-state index contributed by atoms with van der Waals surface area (Å²) in [7, 11) is 3.86. The lowest BCUT2D eigenvalue weighted by Gasteiger charge is -2.28. The van der Waals surface area contributed by atoms with Crippen LogP contribution in [0.3, 0.4) is 0 Å². The van der Waals surface area contributed by atoms with E-state index >= 15 is 0 Å². The minimum atomic E-state index is 0.496. The van der Waals surface area contributed by atoms with Crippen LogP contribution in [0.2, 0.25) is 0 Å². The van der Waals surface area contributed by atoms with Crippen LogP contribution in [0.25, 0.3) is 22.6 Å². The molecule has 0 saturated carbocycles. The van der Waals surface area contributed by atoms with Crippen molar-refractivity contribution in [1.29, 1.82) is 0 Å². The number of nitrogens with zero attached hydrogens (tertiary/aromatic N) is 8. The summed E-state index contributed by atoms with van der Waals surface area (Å²) in [6.07, 6.45) is 5.21. The quantitative estimate of drug-likeness (QED) is 0.326. The number of hydrazone groups is 1. The number of aryl methyl sites for hydroxylation is 1. The highest BCUT2D eigenvalue weighted by molar-refractivity contribution is 6.07. The number of benzene rings is 1. The minimum absolute atomic E-state index is 0.496. The molecule has 172 valence electrons. The molecule has 1 fully saturated rings. The van der Waals surface area contributed by atoms with Crippen molar-refractivity contribution in [3.63, 3.8) is 0 Å². The van der Waals surface area contributed by atoms with E-state index in [1.807, 2.05) is 61.1 Å². The Bertz CT molecular complexity index is 1330. The van der Waals surface area contributed by atoms with E-state index in [4.69, 9.17) is 24.8 Å². The molecule has 1 aromatic carbocycles. The summed E-state index contributed by atoms with van der Waals surface area (Å²) >= 11 is 0. The molecular weight excluding hydrogens is 428 g/mol. The number of ether oxygens (including phenoxy) is 1. The minimum Gasteiger partial charge on any atom is -0.378 e. The molecule has 1 saturated heterocycles. The first-order valence-corrected chi connectivity index (χ1v) is 11.1. The molecule has 0 unspecified atom stereocenters. The maximum absolute atomic E-state index is 5.57. The molecule has 1 aliphatic rings. The summed E-state index contributed by atoms with van der Waals surface area (Å²) in [5, 5.41) is 6.55. The second kappa shape index (κ2) is 9.40. The van der Waals surface area contributed by atoms with E-state index in [2.05, 4.69) is 16.5 Å². The molecule has 9 nitrogen and oxygen atoms in total. The van der Waals surface area contributed by atoms with E-state index in [1.165, 1.54) is 0 Å². The molecule has 0 aliphatic carbocycles. The predicted molar refractivity (Wildman–Crippen MR) is 134 cm³/mol. The van der Waals surface area contributed by atoms with Crippen molar-refractivity contribution in [3.05, 3.63) is 73.3 Å². The van der Waals surface area contributed by atoms with Crippen LogP contribution in [0, 0.1) is 0 Å². The van der Waals surface area contributed by atoms with Gasteiger partial charge in [0.15, 0.2) is 22.8 Å². The molecule has 3 aromatic heterocycles. The van der Waals surface area contributed by atoms with Crippen LogP contribution >= 0.6 is 0 Å². The number of rotatable bonds is 6. The molecule has 1 aliphatic heterocycles. The lowest BCUT2D eigenvalue weighted by Crippen LogP contribution is -2.37. The molecule has 5 rings (SSSR count). The van der Waals surface area contributed by atoms with Crippen LogP contribution in [-0.4, -0.2) is 63.6 Å². The van der Waals surface area contributed by atoms with Gasteiger partial charge in [0.2, 0.25) is 0 Å². The van der Waals surface area contributed by atoms with Crippen molar-refractivity contribution in [1.82, 2.24) is 24.5 Å². The smallest absolute Gasteiger partial charge is 0.184 e. The zero-order valence-corrected chi connectivity index (χ0v) is 19.3. The maximum atomic E-state index is 5.57. The fourth-order valence-electron chi connectivity index (χ4n) is 3.96. The Kier molecular flexibility index (Phi) is 6.01. The summed E-state index contributed by atoms with van der Waals surface area (Å²) in [5.74, 6) is 2.07. The summed E-state index contributed by atoms with van der Waals surface area (Å²) in [6, 6.07) is 13.8. The van der Waals surface area contributed by atoms with Crippen molar-refractivity contribution in [3.8, 4) is 11.4 Å². The van der Waals surface area contributed by atoms with Crippen LogP contribution < -0.4 is 9.91 Å². The number of anilines is 2. The molecular formula is C25H26N8O. The number of morpholine rings is 1. The molecule has 0 atom stereocenters. The summed E-state index contributed by atoms with van der Waals surface area (Å²) in [5.41, 5.74) is 3.98. The number of aromatic nitrogens is 5. The molecule has 0 amide bonds. The lowest BCUT2D eigenvalue weighted by molar-refractivity contribution is 0.122. The first-order valence-electron chi connectivity index (χ1n) is 11.1. The molecule has 4 aromatic rings. The number of allylic oxidation sites excluding steroid dienone is 1. The van der Waals surface area contributed by atoms with Gasteiger partial charge in [-0.2, -0.15) is 5.10 Å². The second-order valence-corrected chi connectivity index (χ2v) is 7.92. The standard InChI is InChI=1S/C25H26N8O/c1-4-20(30-32(3)19-8-6-5-7-9-19)22-28-24-21(25(29-22)33-14-16-34-17-15-33)27-23(31(24)2)18-10-12-26-13-11-18/h4-13H,1,14-17H2,2-3H3/b30-20+. The van der Waals surface area contributed by atoms with Gasteiger partial charge < -0.3 is 14.2 Å². The van der Waals surface area contributed by atoms with Gasteiger partial charge in [0.25, 0.3) is 0 Å². The summed E-state index contributed by atoms with van der Waals surface area (Å²) < 4.78 is 7.56. The van der Waals surface area contributed by atoms with Gasteiger partial charge in [-0.25, -0.2) is 15.0 Å².